The van der Waals surface area contributed by atoms with Crippen LogP contribution in [-0.4, -0.2) is 11.5 Å². The van der Waals surface area contributed by atoms with E-state index in [1.807, 2.05) is 0 Å². The first kappa shape index (κ1) is 8.87. The average molecular weight is 192 g/mol. The van der Waals surface area contributed by atoms with Crippen molar-refractivity contribution in [3.63, 3.8) is 0 Å². The normalized spacial score (nSPS) is 18.0. The molecule has 0 bridgehead atoms. The van der Waals surface area contributed by atoms with E-state index < -0.39 is 5.54 Å². The van der Waals surface area contributed by atoms with E-state index in [0.717, 1.165) is 5.69 Å². The Bertz CT molecular complexity index is 399. The molecular weight excluding hydrogens is 180 g/mol. The largest absolute Gasteiger partial charge is 0.423 e. The molecular formula is C10H12N2O2. The van der Waals surface area contributed by atoms with Crippen molar-refractivity contribution in [3.8, 4) is 5.75 Å². The molecule has 0 spiro atoms. The molecule has 0 radical (unpaired) electrons. The summed E-state index contributed by atoms with van der Waals surface area (Å²) < 4.78 is 5.15. The minimum atomic E-state index is -0.694. The summed E-state index contributed by atoms with van der Waals surface area (Å²) in [4.78, 5) is 11.4. The van der Waals surface area contributed by atoms with Gasteiger partial charge in [-0.25, -0.2) is 4.79 Å². The summed E-state index contributed by atoms with van der Waals surface area (Å²) in [5.41, 5.74) is 6.33. The summed E-state index contributed by atoms with van der Waals surface area (Å²) in [6.45, 7) is 3.53. The van der Waals surface area contributed by atoms with Gasteiger partial charge in [-0.3, -0.25) is 0 Å². The van der Waals surface area contributed by atoms with E-state index in [0.29, 0.717) is 11.4 Å². The Labute approximate surface area is 82.1 Å². The van der Waals surface area contributed by atoms with E-state index in [2.05, 4.69) is 5.32 Å². The van der Waals surface area contributed by atoms with Crippen molar-refractivity contribution in [3.05, 3.63) is 18.2 Å². The Morgan fingerprint density at radius 1 is 1.43 bits per heavy atom. The molecule has 74 valence electrons. The minimum Gasteiger partial charge on any atom is -0.423 e. The van der Waals surface area contributed by atoms with Gasteiger partial charge in [-0.05, 0) is 32.0 Å². The van der Waals surface area contributed by atoms with Crippen LogP contribution < -0.4 is 15.8 Å². The number of anilines is 2. The third kappa shape index (κ3) is 1.28. The fourth-order valence-corrected chi connectivity index (χ4v) is 1.35. The van der Waals surface area contributed by atoms with Crippen LogP contribution in [0, 0.1) is 0 Å². The standard InChI is InChI=1S/C10H12N2O2/c1-10(2)9(13)14-8-4-3-6(11)5-7(8)12-10/h3-5,12H,11H2,1-2H3. The molecule has 0 saturated carbocycles. The van der Waals surface area contributed by atoms with Gasteiger partial charge in [0.25, 0.3) is 0 Å². The smallest absolute Gasteiger partial charge is 0.336 e. The van der Waals surface area contributed by atoms with E-state index in [-0.39, 0.29) is 5.97 Å². The Hall–Kier alpha value is -1.71. The fourth-order valence-electron chi connectivity index (χ4n) is 1.35. The maximum absolute atomic E-state index is 11.4. The third-order valence-electron chi connectivity index (χ3n) is 2.16. The van der Waals surface area contributed by atoms with Crippen molar-refractivity contribution in [2.45, 2.75) is 19.4 Å². The Morgan fingerprint density at radius 3 is 2.86 bits per heavy atom. The Morgan fingerprint density at radius 2 is 2.14 bits per heavy atom. The lowest BCUT2D eigenvalue weighted by Crippen LogP contribution is -2.46. The van der Waals surface area contributed by atoms with Crippen LogP contribution in [-0.2, 0) is 4.79 Å². The van der Waals surface area contributed by atoms with Gasteiger partial charge in [0.05, 0.1) is 5.69 Å². The number of nitrogens with two attached hydrogens (primary N) is 1. The molecule has 4 nitrogen and oxygen atoms in total. The number of rotatable bonds is 0. The summed E-state index contributed by atoms with van der Waals surface area (Å²) in [5.74, 6) is 0.248. The van der Waals surface area contributed by atoms with Crippen molar-refractivity contribution in [2.24, 2.45) is 0 Å². The molecule has 4 heteroatoms. The fraction of sp³-hybridized carbons (Fsp3) is 0.300. The topological polar surface area (TPSA) is 64.3 Å². The number of carbonyl (C=O) groups excluding carboxylic acids is 1. The van der Waals surface area contributed by atoms with Gasteiger partial charge in [0, 0.05) is 5.69 Å². The SMILES string of the molecule is CC1(C)Nc2cc(N)ccc2OC1=O. The zero-order valence-electron chi connectivity index (χ0n) is 8.13. The molecule has 2 rings (SSSR count). The molecule has 1 aromatic carbocycles. The van der Waals surface area contributed by atoms with Gasteiger partial charge in [0.1, 0.15) is 5.54 Å². The molecule has 1 aromatic rings. The van der Waals surface area contributed by atoms with Crippen LogP contribution in [0.4, 0.5) is 11.4 Å². The van der Waals surface area contributed by atoms with Crippen LogP contribution in [0.15, 0.2) is 18.2 Å². The molecule has 0 fully saturated rings. The molecule has 1 heterocycles. The van der Waals surface area contributed by atoms with Gasteiger partial charge in [-0.15, -0.1) is 0 Å². The van der Waals surface area contributed by atoms with Crippen LogP contribution in [0.5, 0.6) is 5.75 Å². The molecule has 1 aliphatic rings. The van der Waals surface area contributed by atoms with Gasteiger partial charge in [-0.1, -0.05) is 0 Å². The second-order valence-electron chi connectivity index (χ2n) is 3.90. The summed E-state index contributed by atoms with van der Waals surface area (Å²) in [5, 5.41) is 3.07. The van der Waals surface area contributed by atoms with Crippen LogP contribution in [0.3, 0.4) is 0 Å². The quantitative estimate of drug-likeness (QED) is 0.370. The zero-order chi connectivity index (χ0) is 10.3. The second kappa shape index (κ2) is 2.64. The van der Waals surface area contributed by atoms with E-state index in [9.17, 15) is 4.79 Å². The van der Waals surface area contributed by atoms with E-state index >= 15 is 0 Å². The Balaban J connectivity index is 2.46. The van der Waals surface area contributed by atoms with Gasteiger partial charge in [-0.2, -0.15) is 0 Å². The number of nitrogen functional groups attached to an aromatic ring is 1. The summed E-state index contributed by atoms with van der Waals surface area (Å²) in [7, 11) is 0. The van der Waals surface area contributed by atoms with Crippen LogP contribution in [0.2, 0.25) is 0 Å². The van der Waals surface area contributed by atoms with Gasteiger partial charge < -0.3 is 15.8 Å². The monoisotopic (exact) mass is 192 g/mol. The first-order chi connectivity index (χ1) is 6.49. The first-order valence-electron chi connectivity index (χ1n) is 4.39. The summed E-state index contributed by atoms with van der Waals surface area (Å²) >= 11 is 0. The molecule has 0 atom stereocenters. The van der Waals surface area contributed by atoms with Gasteiger partial charge >= 0.3 is 5.97 Å². The predicted molar refractivity (Wildman–Crippen MR) is 54.2 cm³/mol. The molecule has 3 N–H and O–H groups in total. The highest BCUT2D eigenvalue weighted by Crippen LogP contribution is 2.34. The van der Waals surface area contributed by atoms with Crippen LogP contribution >= 0.6 is 0 Å². The molecule has 0 aromatic heterocycles. The number of hydrogen-bond acceptors (Lipinski definition) is 4. The van der Waals surface area contributed by atoms with E-state index in [1.165, 1.54) is 0 Å². The number of ether oxygens (including phenoxy) is 1. The van der Waals surface area contributed by atoms with Crippen LogP contribution in [0.25, 0.3) is 0 Å². The number of benzene rings is 1. The first-order valence-corrected chi connectivity index (χ1v) is 4.39. The van der Waals surface area contributed by atoms with E-state index in [4.69, 9.17) is 10.5 Å². The maximum Gasteiger partial charge on any atom is 0.336 e. The van der Waals surface area contributed by atoms with Crippen molar-refractivity contribution >= 4 is 17.3 Å². The number of hydrogen-bond donors (Lipinski definition) is 2. The highest BCUT2D eigenvalue weighted by Gasteiger charge is 2.35. The van der Waals surface area contributed by atoms with Crippen molar-refractivity contribution < 1.29 is 9.53 Å². The van der Waals surface area contributed by atoms with Crippen molar-refractivity contribution in [1.29, 1.82) is 0 Å². The number of nitrogens with one attached hydrogen (secondary N) is 1. The Kier molecular flexibility index (Phi) is 1.67. The predicted octanol–water partition coefficient (Wildman–Crippen LogP) is 1.38. The summed E-state index contributed by atoms with van der Waals surface area (Å²) in [6, 6.07) is 5.14. The maximum atomic E-state index is 11.4. The lowest BCUT2D eigenvalue weighted by molar-refractivity contribution is -0.139. The molecule has 14 heavy (non-hydrogen) atoms. The highest BCUT2D eigenvalue weighted by molar-refractivity contribution is 5.90. The number of fused-ring (bicyclic) bond motifs is 1. The van der Waals surface area contributed by atoms with Crippen molar-refractivity contribution in [2.75, 3.05) is 11.1 Å². The molecule has 0 aliphatic carbocycles. The van der Waals surface area contributed by atoms with Crippen molar-refractivity contribution in [1.82, 2.24) is 0 Å². The second-order valence-corrected chi connectivity index (χ2v) is 3.90. The molecule has 0 saturated heterocycles. The van der Waals surface area contributed by atoms with Gasteiger partial charge in [0.15, 0.2) is 5.75 Å². The van der Waals surface area contributed by atoms with Crippen LogP contribution in [0.1, 0.15) is 13.8 Å². The minimum absolute atomic E-state index is 0.283. The van der Waals surface area contributed by atoms with Gasteiger partial charge in [0.2, 0.25) is 0 Å². The van der Waals surface area contributed by atoms with E-state index in [1.54, 1.807) is 32.0 Å². The average Bonchev–Trinajstić information content (AvgIpc) is 2.07. The molecule has 1 aliphatic heterocycles. The highest BCUT2D eigenvalue weighted by atomic mass is 16.5. The lowest BCUT2D eigenvalue weighted by atomic mass is 10.0. The molecule has 0 unspecified atom stereocenters. The zero-order valence-corrected chi connectivity index (χ0v) is 8.13. The number of esters is 1. The molecule has 0 amide bonds. The summed E-state index contributed by atoms with van der Waals surface area (Å²) in [6.07, 6.45) is 0. The third-order valence-corrected chi connectivity index (χ3v) is 2.16. The number of carbonyl (C=O) groups is 1. The lowest BCUT2D eigenvalue weighted by Gasteiger charge is -2.31.